The first-order valence-electron chi connectivity index (χ1n) is 6.40. The van der Waals surface area contributed by atoms with Gasteiger partial charge in [0.05, 0.1) is 12.1 Å². The van der Waals surface area contributed by atoms with Crippen molar-refractivity contribution in [3.8, 4) is 0 Å². The van der Waals surface area contributed by atoms with Gasteiger partial charge in [-0.05, 0) is 12.8 Å². The maximum absolute atomic E-state index is 12.4. The van der Waals surface area contributed by atoms with Crippen LogP contribution in [0.5, 0.6) is 0 Å². The molecule has 0 saturated heterocycles. The van der Waals surface area contributed by atoms with Gasteiger partial charge in [-0.2, -0.15) is 13.2 Å². The van der Waals surface area contributed by atoms with Gasteiger partial charge in [0.15, 0.2) is 0 Å². The van der Waals surface area contributed by atoms with Crippen molar-refractivity contribution in [1.82, 2.24) is 14.9 Å². The molecule has 1 aliphatic carbocycles. The number of fused-ring (bicyclic) bond motifs is 1. The highest BCUT2D eigenvalue weighted by Crippen LogP contribution is 2.41. The minimum atomic E-state index is -4.09. The highest BCUT2D eigenvalue weighted by atomic mass is 19.4. The van der Waals surface area contributed by atoms with Crippen LogP contribution in [0.15, 0.2) is 0 Å². The summed E-state index contributed by atoms with van der Waals surface area (Å²) in [5, 5.41) is 3.22. The Bertz CT molecular complexity index is 446. The molecule has 1 aromatic heterocycles. The standard InChI is InChI=1S/C12H16F3N3/c13-12(14,15)4-6-18-10-3-5-16-7-9(10)17-11(18)8-1-2-8/h8,16H,1-7H2. The Morgan fingerprint density at radius 2 is 2.11 bits per heavy atom. The van der Waals surface area contributed by atoms with Gasteiger partial charge in [0.25, 0.3) is 0 Å². The first kappa shape index (κ1) is 12.0. The number of hydrogen-bond donors (Lipinski definition) is 1. The Labute approximate surface area is 103 Å². The SMILES string of the molecule is FC(F)(F)CCn1c(C2CC2)nc2c1CCNC2. The van der Waals surface area contributed by atoms with Crippen molar-refractivity contribution in [3.05, 3.63) is 17.2 Å². The van der Waals surface area contributed by atoms with Gasteiger partial charge in [-0.25, -0.2) is 4.98 Å². The molecule has 0 radical (unpaired) electrons. The van der Waals surface area contributed by atoms with Crippen LogP contribution in [0, 0.1) is 0 Å². The molecule has 2 heterocycles. The smallest absolute Gasteiger partial charge is 0.331 e. The minimum absolute atomic E-state index is 0.0255. The fourth-order valence-corrected chi connectivity index (χ4v) is 2.53. The minimum Gasteiger partial charge on any atom is -0.331 e. The van der Waals surface area contributed by atoms with Gasteiger partial charge in [0.1, 0.15) is 5.82 Å². The summed E-state index contributed by atoms with van der Waals surface area (Å²) in [7, 11) is 0. The zero-order valence-corrected chi connectivity index (χ0v) is 10.1. The Morgan fingerprint density at radius 1 is 1.33 bits per heavy atom. The molecule has 0 atom stereocenters. The molecule has 1 fully saturated rings. The third-order valence-electron chi connectivity index (χ3n) is 3.58. The Morgan fingerprint density at radius 3 is 2.78 bits per heavy atom. The van der Waals surface area contributed by atoms with Gasteiger partial charge < -0.3 is 9.88 Å². The molecule has 0 bridgehead atoms. The van der Waals surface area contributed by atoms with Gasteiger partial charge in [-0.1, -0.05) is 0 Å². The van der Waals surface area contributed by atoms with Gasteiger partial charge >= 0.3 is 6.18 Å². The molecule has 3 nitrogen and oxygen atoms in total. The predicted octanol–water partition coefficient (Wildman–Crippen LogP) is 2.36. The number of hydrogen-bond acceptors (Lipinski definition) is 2. The summed E-state index contributed by atoms with van der Waals surface area (Å²) in [6.07, 6.45) is -1.94. The van der Waals surface area contributed by atoms with Crippen LogP contribution in [-0.4, -0.2) is 22.3 Å². The second kappa shape index (κ2) is 4.26. The zero-order valence-electron chi connectivity index (χ0n) is 10.1. The number of rotatable bonds is 3. The molecule has 0 aromatic carbocycles. The van der Waals surface area contributed by atoms with E-state index in [-0.39, 0.29) is 6.54 Å². The van der Waals surface area contributed by atoms with Crippen LogP contribution in [-0.2, 0) is 19.5 Å². The van der Waals surface area contributed by atoms with Crippen LogP contribution in [0.1, 0.15) is 42.4 Å². The lowest BCUT2D eigenvalue weighted by atomic mass is 10.2. The number of imidazole rings is 1. The van der Waals surface area contributed by atoms with E-state index in [1.807, 2.05) is 4.57 Å². The average Bonchev–Trinajstić information content (AvgIpc) is 3.07. The van der Waals surface area contributed by atoms with Crippen LogP contribution in [0.25, 0.3) is 0 Å². The van der Waals surface area contributed by atoms with Crippen LogP contribution in [0.4, 0.5) is 13.2 Å². The summed E-state index contributed by atoms with van der Waals surface area (Å²) >= 11 is 0. The Kier molecular flexibility index (Phi) is 2.84. The van der Waals surface area contributed by atoms with Crippen LogP contribution < -0.4 is 5.32 Å². The molecule has 0 amide bonds. The topological polar surface area (TPSA) is 29.9 Å². The summed E-state index contributed by atoms with van der Waals surface area (Å²) in [5.41, 5.74) is 1.96. The summed E-state index contributed by atoms with van der Waals surface area (Å²) < 4.78 is 39.0. The molecular formula is C12H16F3N3. The third kappa shape index (κ3) is 2.39. The van der Waals surface area contributed by atoms with Crippen LogP contribution in [0.3, 0.4) is 0 Å². The lowest BCUT2D eigenvalue weighted by Gasteiger charge is -2.17. The van der Waals surface area contributed by atoms with Crippen molar-refractivity contribution in [3.63, 3.8) is 0 Å². The molecule has 100 valence electrons. The van der Waals surface area contributed by atoms with Crippen molar-refractivity contribution in [2.24, 2.45) is 0 Å². The fourth-order valence-electron chi connectivity index (χ4n) is 2.53. The van der Waals surface area contributed by atoms with Crippen molar-refractivity contribution in [1.29, 1.82) is 0 Å². The zero-order chi connectivity index (χ0) is 12.8. The van der Waals surface area contributed by atoms with Crippen molar-refractivity contribution in [2.75, 3.05) is 6.54 Å². The van der Waals surface area contributed by atoms with Crippen molar-refractivity contribution in [2.45, 2.75) is 50.9 Å². The van der Waals surface area contributed by atoms with E-state index >= 15 is 0 Å². The summed E-state index contributed by atoms with van der Waals surface area (Å²) in [6.45, 7) is 1.54. The Hall–Kier alpha value is -1.04. The lowest BCUT2D eigenvalue weighted by molar-refractivity contribution is -0.136. The van der Waals surface area contributed by atoms with E-state index in [2.05, 4.69) is 10.3 Å². The molecule has 1 aliphatic heterocycles. The van der Waals surface area contributed by atoms with E-state index < -0.39 is 12.6 Å². The first-order valence-corrected chi connectivity index (χ1v) is 6.40. The average molecular weight is 259 g/mol. The van der Waals surface area contributed by atoms with Gasteiger partial charge in [-0.15, -0.1) is 0 Å². The molecule has 0 unspecified atom stereocenters. The molecule has 6 heteroatoms. The second-order valence-corrected chi connectivity index (χ2v) is 5.08. The predicted molar refractivity (Wildman–Crippen MR) is 60.3 cm³/mol. The van der Waals surface area contributed by atoms with Gasteiger partial charge in [0, 0.05) is 37.7 Å². The maximum Gasteiger partial charge on any atom is 0.390 e. The van der Waals surface area contributed by atoms with E-state index in [1.54, 1.807) is 0 Å². The fraction of sp³-hybridized carbons (Fsp3) is 0.750. The summed E-state index contributed by atoms with van der Waals surface area (Å²) in [6, 6.07) is 0. The quantitative estimate of drug-likeness (QED) is 0.903. The summed E-state index contributed by atoms with van der Waals surface area (Å²) in [5.74, 6) is 1.27. The van der Waals surface area contributed by atoms with Crippen molar-refractivity contribution >= 4 is 0 Å². The summed E-state index contributed by atoms with van der Waals surface area (Å²) in [4.78, 5) is 4.55. The molecule has 1 saturated carbocycles. The van der Waals surface area contributed by atoms with E-state index in [4.69, 9.17) is 0 Å². The van der Waals surface area contributed by atoms with E-state index in [1.165, 1.54) is 0 Å². The van der Waals surface area contributed by atoms with E-state index in [0.717, 1.165) is 43.0 Å². The highest BCUT2D eigenvalue weighted by molar-refractivity contribution is 5.24. The number of aromatic nitrogens is 2. The number of alkyl halides is 3. The largest absolute Gasteiger partial charge is 0.390 e. The van der Waals surface area contributed by atoms with Crippen molar-refractivity contribution < 1.29 is 13.2 Å². The van der Waals surface area contributed by atoms with Gasteiger partial charge in [-0.3, -0.25) is 0 Å². The molecule has 1 aromatic rings. The van der Waals surface area contributed by atoms with E-state index in [9.17, 15) is 13.2 Å². The van der Waals surface area contributed by atoms with Crippen LogP contribution >= 0.6 is 0 Å². The van der Waals surface area contributed by atoms with E-state index in [0.29, 0.717) is 12.5 Å². The number of nitrogens with zero attached hydrogens (tertiary/aromatic N) is 2. The molecule has 0 spiro atoms. The maximum atomic E-state index is 12.4. The second-order valence-electron chi connectivity index (χ2n) is 5.08. The molecule has 2 aliphatic rings. The molecule has 3 rings (SSSR count). The van der Waals surface area contributed by atoms with Gasteiger partial charge in [0.2, 0.25) is 0 Å². The lowest BCUT2D eigenvalue weighted by Crippen LogP contribution is -2.25. The van der Waals surface area contributed by atoms with Crippen LogP contribution in [0.2, 0.25) is 0 Å². The normalized spacial score (nSPS) is 19.9. The first-order chi connectivity index (χ1) is 8.54. The molecule has 1 N–H and O–H groups in total. The molecule has 18 heavy (non-hydrogen) atoms. The number of halogens is 3. The monoisotopic (exact) mass is 259 g/mol. The Balaban J connectivity index is 1.87. The third-order valence-corrected chi connectivity index (χ3v) is 3.58. The highest BCUT2D eigenvalue weighted by Gasteiger charge is 2.34. The number of nitrogens with one attached hydrogen (secondary N) is 1. The molecular weight excluding hydrogens is 243 g/mol.